The molecule has 0 atom stereocenters. The lowest BCUT2D eigenvalue weighted by atomic mass is 10.1. The van der Waals surface area contributed by atoms with E-state index in [0.29, 0.717) is 4.90 Å². The maximum absolute atomic E-state index is 13.1. The average Bonchev–Trinajstić information content (AvgIpc) is 2.73. The van der Waals surface area contributed by atoms with Crippen LogP contribution in [0.4, 0.5) is 18.9 Å². The van der Waals surface area contributed by atoms with Crippen molar-refractivity contribution in [1.29, 1.82) is 0 Å². The lowest BCUT2D eigenvalue weighted by molar-refractivity contribution is -0.385. The molecule has 0 unspecified atom stereocenters. The second-order valence-electron chi connectivity index (χ2n) is 6.71. The summed E-state index contributed by atoms with van der Waals surface area (Å²) < 4.78 is 39.6. The molecule has 0 aromatic heterocycles. The van der Waals surface area contributed by atoms with Gasteiger partial charge >= 0.3 is 6.18 Å². The fourth-order valence-electron chi connectivity index (χ4n) is 3.09. The Balaban J connectivity index is 1.83. The molecule has 2 aromatic rings. The van der Waals surface area contributed by atoms with Crippen LogP contribution in [0.5, 0.6) is 0 Å². The van der Waals surface area contributed by atoms with Crippen LogP contribution in [-0.4, -0.2) is 40.0 Å². The molecule has 1 aliphatic rings. The maximum Gasteiger partial charge on any atom is 0.406 e. The van der Waals surface area contributed by atoms with Gasteiger partial charge in [-0.15, -0.1) is 23.5 Å². The molecule has 1 saturated heterocycles. The molecule has 1 fully saturated rings. The van der Waals surface area contributed by atoms with Crippen molar-refractivity contribution in [2.24, 2.45) is 0 Å². The van der Waals surface area contributed by atoms with E-state index in [1.165, 1.54) is 36.4 Å². The number of amides is 1. The van der Waals surface area contributed by atoms with Crippen molar-refractivity contribution in [2.75, 3.05) is 18.1 Å². The number of hydrogen-bond donors (Lipinski definition) is 0. The summed E-state index contributed by atoms with van der Waals surface area (Å²) in [7, 11) is 0. The van der Waals surface area contributed by atoms with Crippen LogP contribution in [-0.2, 0) is 6.54 Å². The molecule has 5 nitrogen and oxygen atoms in total. The monoisotopic (exact) mass is 456 g/mol. The molecular weight excluding hydrogens is 437 g/mol. The van der Waals surface area contributed by atoms with Gasteiger partial charge in [0, 0.05) is 17.2 Å². The maximum atomic E-state index is 13.1. The SMILES string of the molecule is O=C(c1ccc(C2SCCCS2)cc1)N(Cc1ccccc1[N+](=O)[O-])CC(F)(F)F. The van der Waals surface area contributed by atoms with Crippen LogP contribution in [0.1, 0.15) is 32.5 Å². The Morgan fingerprint density at radius 2 is 1.73 bits per heavy atom. The Morgan fingerprint density at radius 3 is 2.33 bits per heavy atom. The number of nitro benzene ring substituents is 1. The first-order valence-corrected chi connectivity index (χ1v) is 11.3. The first-order chi connectivity index (χ1) is 14.2. The molecule has 1 aliphatic heterocycles. The molecule has 0 radical (unpaired) electrons. The molecule has 0 N–H and O–H groups in total. The molecule has 1 amide bonds. The van der Waals surface area contributed by atoms with Gasteiger partial charge in [0.05, 0.1) is 16.1 Å². The van der Waals surface area contributed by atoms with Crippen LogP contribution in [0.3, 0.4) is 0 Å². The number of benzene rings is 2. The van der Waals surface area contributed by atoms with Crippen LogP contribution >= 0.6 is 23.5 Å². The number of rotatable bonds is 6. The average molecular weight is 457 g/mol. The largest absolute Gasteiger partial charge is 0.406 e. The van der Waals surface area contributed by atoms with E-state index in [9.17, 15) is 28.1 Å². The minimum Gasteiger partial charge on any atom is -0.325 e. The number of thioether (sulfide) groups is 2. The van der Waals surface area contributed by atoms with E-state index < -0.39 is 30.1 Å². The van der Waals surface area contributed by atoms with Crippen molar-refractivity contribution in [3.05, 3.63) is 75.3 Å². The first kappa shape index (κ1) is 22.5. The second kappa shape index (κ2) is 9.74. The Kier molecular flexibility index (Phi) is 7.30. The van der Waals surface area contributed by atoms with Gasteiger partial charge in [-0.1, -0.05) is 30.3 Å². The molecular formula is C20H19F3N2O3S2. The van der Waals surface area contributed by atoms with Gasteiger partial charge in [0.1, 0.15) is 6.54 Å². The van der Waals surface area contributed by atoms with Gasteiger partial charge in [-0.25, -0.2) is 0 Å². The summed E-state index contributed by atoms with van der Waals surface area (Å²) in [5.74, 6) is 1.28. The number of nitrogens with zero attached hydrogens (tertiary/aromatic N) is 2. The summed E-state index contributed by atoms with van der Waals surface area (Å²) in [4.78, 5) is 24.0. The summed E-state index contributed by atoms with van der Waals surface area (Å²) in [6.45, 7) is -2.00. The number of halogens is 3. The Labute approximate surface area is 180 Å². The molecule has 160 valence electrons. The van der Waals surface area contributed by atoms with Crippen LogP contribution < -0.4 is 0 Å². The molecule has 10 heteroatoms. The van der Waals surface area contributed by atoms with Crippen molar-refractivity contribution in [3.8, 4) is 0 Å². The molecule has 0 spiro atoms. The minimum atomic E-state index is -4.63. The van der Waals surface area contributed by atoms with Crippen molar-refractivity contribution >= 4 is 35.1 Å². The number of alkyl halides is 3. The number of carbonyl (C=O) groups is 1. The molecule has 1 heterocycles. The van der Waals surface area contributed by atoms with Crippen molar-refractivity contribution in [1.82, 2.24) is 4.90 Å². The molecule has 2 aromatic carbocycles. The zero-order valence-electron chi connectivity index (χ0n) is 15.8. The van der Waals surface area contributed by atoms with E-state index in [2.05, 4.69) is 0 Å². The minimum absolute atomic E-state index is 0.0479. The predicted molar refractivity (Wildman–Crippen MR) is 113 cm³/mol. The number of carbonyl (C=O) groups excluding carboxylic acids is 1. The highest BCUT2D eigenvalue weighted by Gasteiger charge is 2.34. The lowest BCUT2D eigenvalue weighted by Gasteiger charge is -2.25. The van der Waals surface area contributed by atoms with Crippen molar-refractivity contribution in [2.45, 2.75) is 23.7 Å². The Morgan fingerprint density at radius 1 is 1.10 bits per heavy atom. The normalized spacial score (nSPS) is 15.0. The van der Waals surface area contributed by atoms with Crippen molar-refractivity contribution < 1.29 is 22.9 Å². The van der Waals surface area contributed by atoms with Gasteiger partial charge in [0.25, 0.3) is 11.6 Å². The number of hydrogen-bond acceptors (Lipinski definition) is 5. The van der Waals surface area contributed by atoms with E-state index in [4.69, 9.17) is 0 Å². The highest BCUT2D eigenvalue weighted by Crippen LogP contribution is 2.43. The zero-order chi connectivity index (χ0) is 21.7. The van der Waals surface area contributed by atoms with Crippen LogP contribution in [0.25, 0.3) is 0 Å². The Hall–Kier alpha value is -2.20. The highest BCUT2D eigenvalue weighted by atomic mass is 32.2. The Bertz CT molecular complexity index is 901. The molecule has 30 heavy (non-hydrogen) atoms. The highest BCUT2D eigenvalue weighted by molar-refractivity contribution is 8.16. The summed E-state index contributed by atoms with van der Waals surface area (Å²) in [5, 5.41) is 11.2. The summed E-state index contributed by atoms with van der Waals surface area (Å²) >= 11 is 3.61. The van der Waals surface area contributed by atoms with Gasteiger partial charge in [-0.3, -0.25) is 14.9 Å². The van der Waals surface area contributed by atoms with E-state index in [-0.39, 0.29) is 21.4 Å². The summed E-state index contributed by atoms with van der Waals surface area (Å²) in [6.07, 6.45) is -3.49. The van der Waals surface area contributed by atoms with Crippen LogP contribution in [0.15, 0.2) is 48.5 Å². The van der Waals surface area contributed by atoms with Gasteiger partial charge in [0.2, 0.25) is 0 Å². The van der Waals surface area contributed by atoms with Gasteiger partial charge in [-0.2, -0.15) is 13.2 Å². The van der Waals surface area contributed by atoms with E-state index >= 15 is 0 Å². The summed E-state index contributed by atoms with van der Waals surface area (Å²) in [6, 6.07) is 12.1. The fraction of sp³-hybridized carbons (Fsp3) is 0.350. The van der Waals surface area contributed by atoms with E-state index in [0.717, 1.165) is 23.5 Å². The zero-order valence-corrected chi connectivity index (χ0v) is 17.4. The van der Waals surface area contributed by atoms with Crippen molar-refractivity contribution in [3.63, 3.8) is 0 Å². The van der Waals surface area contributed by atoms with E-state index in [1.807, 2.05) is 0 Å². The first-order valence-electron chi connectivity index (χ1n) is 9.16. The quantitative estimate of drug-likeness (QED) is 0.414. The number of para-hydroxylation sites is 1. The topological polar surface area (TPSA) is 63.5 Å². The molecule has 0 saturated carbocycles. The van der Waals surface area contributed by atoms with Crippen LogP contribution in [0, 0.1) is 10.1 Å². The third-order valence-corrected chi connectivity index (χ3v) is 7.48. The third kappa shape index (κ3) is 5.91. The van der Waals surface area contributed by atoms with Gasteiger partial charge in [-0.05, 0) is 35.6 Å². The van der Waals surface area contributed by atoms with Crippen LogP contribution in [0.2, 0.25) is 0 Å². The third-order valence-electron chi connectivity index (χ3n) is 4.46. The second-order valence-corrected chi connectivity index (χ2v) is 9.44. The van der Waals surface area contributed by atoms with Gasteiger partial charge in [0.15, 0.2) is 0 Å². The number of nitro groups is 1. The molecule has 0 bridgehead atoms. The predicted octanol–water partition coefficient (Wildman–Crippen LogP) is 5.67. The molecule has 3 rings (SSSR count). The van der Waals surface area contributed by atoms with Gasteiger partial charge < -0.3 is 4.90 Å². The van der Waals surface area contributed by atoms with E-state index in [1.54, 1.807) is 35.7 Å². The lowest BCUT2D eigenvalue weighted by Crippen LogP contribution is -2.38. The smallest absolute Gasteiger partial charge is 0.325 e. The fourth-order valence-corrected chi connectivity index (χ4v) is 5.98. The summed E-state index contributed by atoms with van der Waals surface area (Å²) in [5.41, 5.74) is 0.862. The standard InChI is InChI=1S/C20H19F3N2O3S2/c21-20(22,23)13-24(12-16-4-1-2-5-17(16)25(27)28)18(26)14-6-8-15(9-7-14)19-29-10-3-11-30-19/h1-2,4-9,19H,3,10-13H2. The molecule has 0 aliphatic carbocycles.